The van der Waals surface area contributed by atoms with E-state index in [0.29, 0.717) is 5.69 Å². The number of hydrogen-bond acceptors (Lipinski definition) is 5. The highest BCUT2D eigenvalue weighted by Gasteiger charge is 2.34. The van der Waals surface area contributed by atoms with Gasteiger partial charge in [-0.05, 0) is 68.3 Å². The molecule has 1 aliphatic heterocycles. The molecule has 0 saturated carbocycles. The van der Waals surface area contributed by atoms with E-state index in [2.05, 4.69) is 5.32 Å². The summed E-state index contributed by atoms with van der Waals surface area (Å²) in [7, 11) is 0. The summed E-state index contributed by atoms with van der Waals surface area (Å²) in [5.74, 6) is -1.06. The van der Waals surface area contributed by atoms with Gasteiger partial charge in [0.15, 0.2) is 11.9 Å². The minimum absolute atomic E-state index is 0.00288. The summed E-state index contributed by atoms with van der Waals surface area (Å²) in [6.45, 7) is 3.55. The second-order valence-corrected chi connectivity index (χ2v) is 7.45. The number of para-hydroxylation sites is 1. The Morgan fingerprint density at radius 1 is 1.06 bits per heavy atom. The van der Waals surface area contributed by atoms with E-state index in [1.165, 1.54) is 18.4 Å². The Kier molecular flexibility index (Phi) is 5.58. The van der Waals surface area contributed by atoms with E-state index in [4.69, 9.17) is 9.15 Å². The van der Waals surface area contributed by atoms with Crippen LogP contribution >= 0.6 is 0 Å². The molecule has 0 saturated heterocycles. The lowest BCUT2D eigenvalue weighted by Crippen LogP contribution is -2.43. The third-order valence-corrected chi connectivity index (χ3v) is 5.20. The van der Waals surface area contributed by atoms with E-state index in [-0.39, 0.29) is 29.2 Å². The van der Waals surface area contributed by atoms with E-state index in [9.17, 15) is 14.4 Å². The molecule has 2 atom stereocenters. The van der Waals surface area contributed by atoms with Crippen molar-refractivity contribution in [1.82, 2.24) is 0 Å². The molecule has 0 bridgehead atoms. The number of rotatable bonds is 5. The summed E-state index contributed by atoms with van der Waals surface area (Å²) >= 11 is 0. The Morgan fingerprint density at radius 2 is 1.81 bits per heavy atom. The zero-order valence-corrected chi connectivity index (χ0v) is 17.2. The first kappa shape index (κ1) is 20.4. The van der Waals surface area contributed by atoms with Crippen LogP contribution in [-0.4, -0.2) is 29.9 Å². The number of carbonyl (C=O) groups is 3. The fraction of sp³-hybridized carbons (Fsp3) is 0.208. The second kappa shape index (κ2) is 8.47. The fourth-order valence-corrected chi connectivity index (χ4v) is 3.67. The van der Waals surface area contributed by atoms with E-state index >= 15 is 0 Å². The van der Waals surface area contributed by atoms with Crippen molar-refractivity contribution in [3.63, 3.8) is 0 Å². The number of amides is 2. The number of furan rings is 1. The van der Waals surface area contributed by atoms with Gasteiger partial charge in [-0.1, -0.05) is 18.2 Å². The van der Waals surface area contributed by atoms with Gasteiger partial charge in [-0.15, -0.1) is 0 Å². The van der Waals surface area contributed by atoms with Gasteiger partial charge in [0.05, 0.1) is 11.8 Å². The average Bonchev–Trinajstić information content (AvgIpc) is 3.41. The quantitative estimate of drug-likeness (QED) is 0.632. The van der Waals surface area contributed by atoms with Crippen molar-refractivity contribution in [3.8, 4) is 0 Å². The van der Waals surface area contributed by atoms with Crippen molar-refractivity contribution in [1.29, 1.82) is 0 Å². The predicted octanol–water partition coefficient (Wildman–Crippen LogP) is 4.06. The zero-order chi connectivity index (χ0) is 22.0. The molecule has 0 unspecified atom stereocenters. The highest BCUT2D eigenvalue weighted by Crippen LogP contribution is 2.32. The third-order valence-electron chi connectivity index (χ3n) is 5.20. The summed E-state index contributed by atoms with van der Waals surface area (Å²) in [6.07, 6.45) is 1.26. The maximum atomic E-state index is 13.0. The molecule has 0 spiro atoms. The van der Waals surface area contributed by atoms with Gasteiger partial charge in [-0.2, -0.15) is 0 Å². The molecule has 1 N–H and O–H groups in total. The molecule has 2 heterocycles. The number of anilines is 2. The monoisotopic (exact) mass is 418 g/mol. The highest BCUT2D eigenvalue weighted by atomic mass is 16.5. The van der Waals surface area contributed by atoms with Crippen molar-refractivity contribution in [2.45, 2.75) is 32.4 Å². The Bertz CT molecular complexity index is 1110. The largest absolute Gasteiger partial charge is 0.459 e. The van der Waals surface area contributed by atoms with E-state index in [1.54, 1.807) is 36.1 Å². The van der Waals surface area contributed by atoms with Gasteiger partial charge in [0.2, 0.25) is 0 Å². The number of benzene rings is 2. The van der Waals surface area contributed by atoms with Crippen LogP contribution in [0.3, 0.4) is 0 Å². The molecule has 2 aromatic carbocycles. The topological polar surface area (TPSA) is 88.8 Å². The van der Waals surface area contributed by atoms with Crippen molar-refractivity contribution in [3.05, 3.63) is 83.8 Å². The Balaban J connectivity index is 1.39. The second-order valence-electron chi connectivity index (χ2n) is 7.45. The van der Waals surface area contributed by atoms with Gasteiger partial charge < -0.3 is 19.4 Å². The maximum Gasteiger partial charge on any atom is 0.338 e. The van der Waals surface area contributed by atoms with E-state index in [0.717, 1.165) is 17.7 Å². The molecule has 1 aliphatic rings. The van der Waals surface area contributed by atoms with Crippen LogP contribution in [0.15, 0.2) is 71.3 Å². The molecule has 31 heavy (non-hydrogen) atoms. The van der Waals surface area contributed by atoms with Crippen molar-refractivity contribution in [2.75, 3.05) is 10.2 Å². The molecule has 7 heteroatoms. The summed E-state index contributed by atoms with van der Waals surface area (Å²) in [6, 6.07) is 17.2. The van der Waals surface area contributed by atoms with Gasteiger partial charge in [-0.25, -0.2) is 4.79 Å². The molecule has 2 amide bonds. The van der Waals surface area contributed by atoms with E-state index in [1.807, 2.05) is 31.2 Å². The number of fused-ring (bicyclic) bond motifs is 1. The summed E-state index contributed by atoms with van der Waals surface area (Å²) in [5, 5.41) is 2.68. The molecule has 4 rings (SSSR count). The molecule has 7 nitrogen and oxygen atoms in total. The minimum atomic E-state index is -0.931. The normalized spacial score (nSPS) is 15.8. The number of esters is 1. The Hall–Kier alpha value is -3.87. The van der Waals surface area contributed by atoms with Crippen LogP contribution in [0.1, 0.15) is 40.3 Å². The van der Waals surface area contributed by atoms with E-state index < -0.39 is 12.1 Å². The van der Waals surface area contributed by atoms with Crippen molar-refractivity contribution in [2.24, 2.45) is 0 Å². The van der Waals surface area contributed by atoms with Crippen LogP contribution in [0, 0.1) is 0 Å². The molecule has 3 aromatic rings. The molecular weight excluding hydrogens is 396 g/mol. The first-order valence-electron chi connectivity index (χ1n) is 10.0. The fourth-order valence-electron chi connectivity index (χ4n) is 3.67. The minimum Gasteiger partial charge on any atom is -0.459 e. The summed E-state index contributed by atoms with van der Waals surface area (Å²) < 4.78 is 10.5. The van der Waals surface area contributed by atoms with Crippen LogP contribution < -0.4 is 10.2 Å². The number of nitrogens with zero attached hydrogens (tertiary/aromatic N) is 1. The first-order valence-corrected chi connectivity index (χ1v) is 10.0. The van der Waals surface area contributed by atoms with Crippen LogP contribution in [-0.2, 0) is 16.0 Å². The zero-order valence-electron chi connectivity index (χ0n) is 17.2. The summed E-state index contributed by atoms with van der Waals surface area (Å²) in [5.41, 5.74) is 2.75. The molecule has 0 fully saturated rings. The number of carbonyl (C=O) groups excluding carboxylic acids is 3. The van der Waals surface area contributed by atoms with Gasteiger partial charge in [0.25, 0.3) is 11.8 Å². The molecule has 1 aromatic heterocycles. The van der Waals surface area contributed by atoms with Gasteiger partial charge in [-0.3, -0.25) is 9.59 Å². The van der Waals surface area contributed by atoms with Crippen LogP contribution in [0.5, 0.6) is 0 Å². The van der Waals surface area contributed by atoms with Crippen LogP contribution in [0.2, 0.25) is 0 Å². The molecule has 0 aliphatic carbocycles. The lowest BCUT2D eigenvalue weighted by atomic mass is 10.1. The molecule has 0 radical (unpaired) electrons. The average molecular weight is 418 g/mol. The van der Waals surface area contributed by atoms with Crippen LogP contribution in [0.25, 0.3) is 0 Å². The van der Waals surface area contributed by atoms with Gasteiger partial charge in [0, 0.05) is 17.4 Å². The lowest BCUT2D eigenvalue weighted by Gasteiger charge is -2.26. The van der Waals surface area contributed by atoms with Crippen molar-refractivity contribution >= 4 is 29.2 Å². The molecular formula is C24H22N2O5. The van der Waals surface area contributed by atoms with Gasteiger partial charge in [0.1, 0.15) is 0 Å². The lowest BCUT2D eigenvalue weighted by molar-refractivity contribution is -0.126. The standard InChI is InChI=1S/C24H22N2O5/c1-15-14-18-6-3-4-7-20(18)26(15)23(28)16(2)31-24(29)17-9-11-19(12-10-17)25-22(27)21-8-5-13-30-21/h3-13,15-16H,14H2,1-2H3,(H,25,27)/t15-,16-/m0/s1. The maximum absolute atomic E-state index is 13.0. The van der Waals surface area contributed by atoms with Crippen LogP contribution in [0.4, 0.5) is 11.4 Å². The summed E-state index contributed by atoms with van der Waals surface area (Å²) in [4.78, 5) is 39.2. The van der Waals surface area contributed by atoms with Crippen molar-refractivity contribution < 1.29 is 23.5 Å². The first-order chi connectivity index (χ1) is 14.9. The SMILES string of the molecule is C[C@H](OC(=O)c1ccc(NC(=O)c2ccco2)cc1)C(=O)N1c2ccccc2C[C@@H]1C. The smallest absolute Gasteiger partial charge is 0.338 e. The highest BCUT2D eigenvalue weighted by molar-refractivity contribution is 6.03. The Labute approximate surface area is 179 Å². The number of ether oxygens (including phenoxy) is 1. The molecule has 158 valence electrons. The predicted molar refractivity (Wildman–Crippen MR) is 115 cm³/mol. The van der Waals surface area contributed by atoms with Gasteiger partial charge >= 0.3 is 5.97 Å². The third kappa shape index (κ3) is 4.21. The Morgan fingerprint density at radius 3 is 2.52 bits per heavy atom. The number of hydrogen-bond donors (Lipinski definition) is 1. The number of nitrogens with one attached hydrogen (secondary N) is 1.